The molecule has 1 atom stereocenters. The van der Waals surface area contributed by atoms with Gasteiger partial charge in [0.15, 0.2) is 11.5 Å². The van der Waals surface area contributed by atoms with Gasteiger partial charge >= 0.3 is 6.09 Å². The molecule has 12 nitrogen and oxygen atoms in total. The Morgan fingerprint density at radius 2 is 1.67 bits per heavy atom. The number of nitrogens with zero attached hydrogens (tertiary/aromatic N) is 5. The van der Waals surface area contributed by atoms with Gasteiger partial charge in [-0.3, -0.25) is 0 Å². The Balaban J connectivity index is 2.48. The van der Waals surface area contributed by atoms with Gasteiger partial charge in [0.1, 0.15) is 5.60 Å². The second-order valence-electron chi connectivity index (χ2n) is 12.4. The number of nitrogens with one attached hydrogen (secondary N) is 1. The van der Waals surface area contributed by atoms with Crippen LogP contribution < -0.4 is 9.03 Å². The second-order valence-corrected chi connectivity index (χ2v) is 16.3. The number of aromatic nitrogens is 2. The quantitative estimate of drug-likeness (QED) is 0.386. The fourth-order valence-corrected chi connectivity index (χ4v) is 9.40. The molecule has 0 saturated carbocycles. The van der Waals surface area contributed by atoms with E-state index < -0.39 is 66.8 Å². The van der Waals surface area contributed by atoms with Gasteiger partial charge in [-0.1, -0.05) is 33.8 Å². The molecule has 0 bridgehead atoms. The Hall–Kier alpha value is -3.88. The van der Waals surface area contributed by atoms with Crippen LogP contribution in [0.5, 0.6) is 0 Å². The number of allylic oxidation sites excluding steroid dienone is 3. The minimum absolute atomic E-state index is 0.0264. The number of ether oxygens (including phenoxy) is 1. The summed E-state index contributed by atoms with van der Waals surface area (Å²) in [7, 11) is -9.03. The molecule has 43 heavy (non-hydrogen) atoms. The topological polar surface area (TPSA) is 156 Å². The van der Waals surface area contributed by atoms with Gasteiger partial charge in [-0.15, -0.1) is 8.81 Å². The van der Waals surface area contributed by atoms with Gasteiger partial charge in [0.05, 0.1) is 41.2 Å². The van der Waals surface area contributed by atoms with Gasteiger partial charge in [0, 0.05) is 16.8 Å². The molecule has 1 aliphatic heterocycles. The molecule has 0 radical (unpaired) electrons. The van der Waals surface area contributed by atoms with Crippen LogP contribution in [0.2, 0.25) is 0 Å². The summed E-state index contributed by atoms with van der Waals surface area (Å²) in [4.78, 5) is 16.9. The van der Waals surface area contributed by atoms with E-state index in [4.69, 9.17) is 11.3 Å². The van der Waals surface area contributed by atoms with Crippen LogP contribution in [0.25, 0.3) is 15.7 Å². The highest BCUT2D eigenvalue weighted by Gasteiger charge is 2.40. The van der Waals surface area contributed by atoms with E-state index in [-0.39, 0.29) is 22.2 Å². The predicted molar refractivity (Wildman–Crippen MR) is 165 cm³/mol. The summed E-state index contributed by atoms with van der Waals surface area (Å²) in [5.74, 6) is -3.15. The molecule has 0 fully saturated rings. The summed E-state index contributed by atoms with van der Waals surface area (Å²) in [5, 5.41) is 17.3. The van der Waals surface area contributed by atoms with Crippen molar-refractivity contribution in [1.29, 1.82) is 5.26 Å². The van der Waals surface area contributed by atoms with E-state index >= 15 is 0 Å². The van der Waals surface area contributed by atoms with Gasteiger partial charge in [0.2, 0.25) is 20.0 Å². The lowest BCUT2D eigenvalue weighted by molar-refractivity contribution is 0.0523. The van der Waals surface area contributed by atoms with Crippen LogP contribution in [-0.4, -0.2) is 49.8 Å². The van der Waals surface area contributed by atoms with Crippen LogP contribution in [0, 0.1) is 29.7 Å². The fraction of sp³-hybridized carbons (Fsp3) is 0.517. The summed E-state index contributed by atoms with van der Waals surface area (Å²) in [6.07, 6.45) is -0.938. The molecule has 0 saturated heterocycles. The van der Waals surface area contributed by atoms with Crippen molar-refractivity contribution in [1.82, 2.24) is 15.1 Å². The third-order valence-electron chi connectivity index (χ3n) is 6.32. The normalized spacial score (nSPS) is 16.3. The maximum atomic E-state index is 13.8. The minimum atomic E-state index is -4.52. The molecule has 0 amide bonds. The van der Waals surface area contributed by atoms with Gasteiger partial charge in [-0.25, -0.2) is 26.5 Å². The number of carbonyl (C=O) groups excluding carboxylic acids is 1. The van der Waals surface area contributed by atoms with E-state index in [0.29, 0.717) is 20.7 Å². The SMILES string of the molecule is [C-]#[N+]C1=C(C)NC(C)=C(C#N)C1c1ccc2c(c1)c(N(S(=O)(=O)CC(C)C)S(=O)(=O)CC(C)C)nn2C(=O)OC(C)(C)C. The van der Waals surface area contributed by atoms with Crippen molar-refractivity contribution in [3.05, 3.63) is 57.8 Å². The number of nitriles is 1. The van der Waals surface area contributed by atoms with Crippen LogP contribution in [-0.2, 0) is 24.8 Å². The highest BCUT2D eigenvalue weighted by molar-refractivity contribution is 8.10. The fourth-order valence-electron chi connectivity index (χ4n) is 4.90. The monoisotopic (exact) mass is 630 g/mol. The predicted octanol–water partition coefficient (Wildman–Crippen LogP) is 5.23. The zero-order valence-corrected chi connectivity index (χ0v) is 27.5. The number of anilines is 1. The van der Waals surface area contributed by atoms with Gasteiger partial charge in [-0.2, -0.15) is 9.94 Å². The van der Waals surface area contributed by atoms with Gasteiger partial charge in [-0.05, 0) is 64.2 Å². The highest BCUT2D eigenvalue weighted by atomic mass is 32.3. The standard InChI is InChI=1S/C29H38N6O6S2/c1-17(2)15-42(37,38)35(43(39,40)16-18(3)4)27-22-13-21(25-23(14-30)19(5)32-20(6)26(25)31-10)11-12-24(22)34(33-27)28(36)41-29(7,8)9/h11-13,17-18,25,32H,15-16H2,1-9H3. The first kappa shape index (κ1) is 33.6. The Kier molecular flexibility index (Phi) is 9.39. The third kappa shape index (κ3) is 7.03. The average molecular weight is 631 g/mol. The first-order chi connectivity index (χ1) is 19.7. The van der Waals surface area contributed by atoms with Crippen LogP contribution >= 0.6 is 0 Å². The van der Waals surface area contributed by atoms with Crippen molar-refractivity contribution >= 4 is 42.9 Å². The Morgan fingerprint density at radius 1 is 1.12 bits per heavy atom. The van der Waals surface area contributed by atoms with E-state index in [9.17, 15) is 26.9 Å². The summed E-state index contributed by atoms with van der Waals surface area (Å²) in [5.41, 5.74) is 1.19. The van der Waals surface area contributed by atoms with E-state index in [1.54, 1.807) is 68.4 Å². The summed E-state index contributed by atoms with van der Waals surface area (Å²) in [6.45, 7) is 22.8. The van der Waals surface area contributed by atoms with Crippen LogP contribution in [0.1, 0.15) is 73.8 Å². The molecule has 0 aliphatic carbocycles. The molecule has 3 rings (SSSR count). The smallest absolute Gasteiger partial charge is 0.435 e. The molecule has 232 valence electrons. The molecule has 1 N–H and O–H groups in total. The molecular weight excluding hydrogens is 592 g/mol. The Labute approximate surface area is 253 Å². The largest absolute Gasteiger partial charge is 0.442 e. The lowest BCUT2D eigenvalue weighted by atomic mass is 9.84. The van der Waals surface area contributed by atoms with Gasteiger partial charge in [0.25, 0.3) is 0 Å². The molecule has 0 spiro atoms. The lowest BCUT2D eigenvalue weighted by Crippen LogP contribution is -2.42. The number of dihydropyridines is 1. The van der Waals surface area contributed by atoms with Crippen LogP contribution in [0.3, 0.4) is 0 Å². The number of benzene rings is 1. The first-order valence-corrected chi connectivity index (χ1v) is 16.9. The van der Waals surface area contributed by atoms with Crippen molar-refractivity contribution in [3.63, 3.8) is 0 Å². The number of hydrogen-bond acceptors (Lipinski definition) is 9. The summed E-state index contributed by atoms with van der Waals surface area (Å²) in [6, 6.07) is 6.73. The maximum Gasteiger partial charge on any atom is 0.435 e. The highest BCUT2D eigenvalue weighted by Crippen LogP contribution is 2.41. The minimum Gasteiger partial charge on any atom is -0.442 e. The second kappa shape index (κ2) is 12.0. The van der Waals surface area contributed by atoms with E-state index in [0.717, 1.165) is 4.68 Å². The van der Waals surface area contributed by atoms with Crippen molar-refractivity contribution in [2.24, 2.45) is 11.8 Å². The molecule has 2 heterocycles. The number of fused-ring (bicyclic) bond motifs is 1. The zero-order valence-electron chi connectivity index (χ0n) is 25.9. The molecule has 1 unspecified atom stereocenters. The molecule has 2 aromatic rings. The summed E-state index contributed by atoms with van der Waals surface area (Å²) >= 11 is 0. The van der Waals surface area contributed by atoms with Crippen LogP contribution in [0.4, 0.5) is 10.6 Å². The molecule has 1 aliphatic rings. The van der Waals surface area contributed by atoms with Crippen molar-refractivity contribution in [2.45, 2.75) is 73.8 Å². The lowest BCUT2D eigenvalue weighted by Gasteiger charge is -2.26. The van der Waals surface area contributed by atoms with Gasteiger partial charge < -0.3 is 10.1 Å². The number of rotatable bonds is 8. The van der Waals surface area contributed by atoms with E-state index in [1.807, 2.05) is 0 Å². The number of carbonyl (C=O) groups is 1. The van der Waals surface area contributed by atoms with E-state index in [2.05, 4.69) is 21.3 Å². The molecular formula is C29H38N6O6S2. The average Bonchev–Trinajstić information content (AvgIpc) is 3.18. The Morgan fingerprint density at radius 3 is 2.14 bits per heavy atom. The first-order valence-electron chi connectivity index (χ1n) is 13.7. The van der Waals surface area contributed by atoms with Crippen LogP contribution in [0.15, 0.2) is 40.9 Å². The summed E-state index contributed by atoms with van der Waals surface area (Å²) < 4.78 is 61.7. The third-order valence-corrected chi connectivity index (χ3v) is 11.2. The maximum absolute atomic E-state index is 13.8. The molecule has 1 aromatic heterocycles. The van der Waals surface area contributed by atoms with Crippen molar-refractivity contribution in [2.75, 3.05) is 15.2 Å². The Bertz CT molecular complexity index is 1740. The molecule has 14 heteroatoms. The molecule has 1 aromatic carbocycles. The number of sulfonamides is 2. The zero-order chi connectivity index (χ0) is 32.7. The van der Waals surface area contributed by atoms with Crippen molar-refractivity contribution < 1.29 is 26.4 Å². The number of hydrogen-bond donors (Lipinski definition) is 1. The van der Waals surface area contributed by atoms with E-state index in [1.165, 1.54) is 12.1 Å². The van der Waals surface area contributed by atoms with Crippen molar-refractivity contribution in [3.8, 4) is 6.07 Å².